The highest BCUT2D eigenvalue weighted by Crippen LogP contribution is 2.39. The first-order valence-corrected chi connectivity index (χ1v) is 7.22. The first-order chi connectivity index (χ1) is 8.41. The molecule has 0 radical (unpaired) electrons. The van der Waals surface area contributed by atoms with Gasteiger partial charge in [0.25, 0.3) is 0 Å². The van der Waals surface area contributed by atoms with Crippen molar-refractivity contribution in [2.45, 2.75) is 39.2 Å². The fraction of sp³-hybridized carbons (Fsp3) is 0.929. The van der Waals surface area contributed by atoms with E-state index in [9.17, 15) is 4.79 Å². The average Bonchev–Trinajstić information content (AvgIpc) is 3.12. The van der Waals surface area contributed by atoms with Crippen molar-refractivity contribution in [3.8, 4) is 0 Å². The maximum atomic E-state index is 12.4. The molecule has 104 valence electrons. The number of nitrogens with zero attached hydrogens (tertiary/aromatic N) is 2. The number of hydrogen-bond acceptors (Lipinski definition) is 3. The maximum Gasteiger partial charge on any atom is 0.242 e. The summed E-state index contributed by atoms with van der Waals surface area (Å²) in [5.41, 5.74) is 5.58. The van der Waals surface area contributed by atoms with E-state index in [2.05, 4.69) is 18.7 Å². The summed E-state index contributed by atoms with van der Waals surface area (Å²) in [7, 11) is 0. The Morgan fingerprint density at radius 1 is 1.28 bits per heavy atom. The predicted molar refractivity (Wildman–Crippen MR) is 73.2 cm³/mol. The van der Waals surface area contributed by atoms with Crippen LogP contribution in [0.25, 0.3) is 0 Å². The fourth-order valence-electron chi connectivity index (χ4n) is 2.85. The normalized spacial score (nSPS) is 25.3. The Balaban J connectivity index is 1.84. The number of nitrogens with two attached hydrogens (primary N) is 1. The molecule has 1 aliphatic heterocycles. The number of carbonyl (C=O) groups is 1. The molecule has 2 rings (SSSR count). The predicted octanol–water partition coefficient (Wildman–Crippen LogP) is 0.914. The fourth-order valence-corrected chi connectivity index (χ4v) is 2.85. The van der Waals surface area contributed by atoms with Crippen molar-refractivity contribution >= 4 is 5.91 Å². The summed E-state index contributed by atoms with van der Waals surface area (Å²) in [6.07, 6.45) is 2.23. The molecule has 1 heterocycles. The van der Waals surface area contributed by atoms with Crippen LogP contribution in [0.5, 0.6) is 0 Å². The van der Waals surface area contributed by atoms with Gasteiger partial charge in [0.05, 0.1) is 5.54 Å². The van der Waals surface area contributed by atoms with Crippen LogP contribution in [0, 0.1) is 11.8 Å². The van der Waals surface area contributed by atoms with E-state index in [1.807, 2.05) is 11.8 Å². The Hall–Kier alpha value is -0.610. The topological polar surface area (TPSA) is 49.6 Å². The quantitative estimate of drug-likeness (QED) is 0.810. The zero-order chi connectivity index (χ0) is 13.3. The molecule has 0 aromatic rings. The van der Waals surface area contributed by atoms with Gasteiger partial charge in [0.15, 0.2) is 0 Å². The molecule has 1 unspecified atom stereocenters. The maximum absolute atomic E-state index is 12.4. The van der Waals surface area contributed by atoms with Crippen LogP contribution in [0.1, 0.15) is 33.6 Å². The molecule has 18 heavy (non-hydrogen) atoms. The van der Waals surface area contributed by atoms with Gasteiger partial charge >= 0.3 is 0 Å². The molecule has 4 heteroatoms. The first kappa shape index (κ1) is 13.8. The second-order valence-electron chi connectivity index (χ2n) is 6.54. The Morgan fingerprint density at radius 2 is 1.83 bits per heavy atom. The summed E-state index contributed by atoms with van der Waals surface area (Å²) in [4.78, 5) is 16.8. The van der Waals surface area contributed by atoms with Crippen molar-refractivity contribution < 1.29 is 4.79 Å². The van der Waals surface area contributed by atoms with Crippen molar-refractivity contribution in [2.75, 3.05) is 32.7 Å². The third kappa shape index (κ3) is 3.04. The summed E-state index contributed by atoms with van der Waals surface area (Å²) >= 11 is 0. The second-order valence-corrected chi connectivity index (χ2v) is 6.54. The van der Waals surface area contributed by atoms with E-state index in [0.29, 0.717) is 11.8 Å². The molecule has 0 bridgehead atoms. The second kappa shape index (κ2) is 5.17. The number of rotatable bonds is 4. The minimum atomic E-state index is -0.625. The van der Waals surface area contributed by atoms with Crippen LogP contribution in [0.3, 0.4) is 0 Å². The molecule has 1 amide bonds. The Labute approximate surface area is 110 Å². The van der Waals surface area contributed by atoms with Gasteiger partial charge in [0, 0.05) is 32.7 Å². The molecule has 0 aromatic carbocycles. The van der Waals surface area contributed by atoms with Gasteiger partial charge in [-0.15, -0.1) is 0 Å². The van der Waals surface area contributed by atoms with Gasteiger partial charge in [-0.1, -0.05) is 13.8 Å². The number of carbonyl (C=O) groups excluding carboxylic acids is 1. The van der Waals surface area contributed by atoms with E-state index < -0.39 is 5.54 Å². The summed E-state index contributed by atoms with van der Waals surface area (Å²) in [6.45, 7) is 11.2. The molecule has 1 saturated heterocycles. The molecular formula is C14H27N3O. The zero-order valence-electron chi connectivity index (χ0n) is 12.0. The van der Waals surface area contributed by atoms with Crippen LogP contribution in [0.2, 0.25) is 0 Å². The highest BCUT2D eigenvalue weighted by Gasteiger charge is 2.46. The SMILES string of the molecule is CC(C)CN1CCN(C(=O)C(C)(N)C2CC2)CC1. The third-order valence-corrected chi connectivity index (χ3v) is 4.17. The van der Waals surface area contributed by atoms with Crippen LogP contribution in [-0.2, 0) is 4.79 Å². The molecule has 0 aromatic heterocycles. The summed E-state index contributed by atoms with van der Waals surface area (Å²) in [5, 5.41) is 0. The molecule has 1 atom stereocenters. The van der Waals surface area contributed by atoms with E-state index >= 15 is 0 Å². The number of piperazine rings is 1. The lowest BCUT2D eigenvalue weighted by atomic mass is 9.95. The van der Waals surface area contributed by atoms with Gasteiger partial charge in [0.1, 0.15) is 0 Å². The summed E-state index contributed by atoms with van der Waals surface area (Å²) < 4.78 is 0. The van der Waals surface area contributed by atoms with E-state index in [1.54, 1.807) is 0 Å². The van der Waals surface area contributed by atoms with Crippen LogP contribution >= 0.6 is 0 Å². The van der Waals surface area contributed by atoms with Gasteiger partial charge in [0.2, 0.25) is 5.91 Å². The first-order valence-electron chi connectivity index (χ1n) is 7.22. The molecule has 0 spiro atoms. The highest BCUT2D eigenvalue weighted by atomic mass is 16.2. The molecule has 4 nitrogen and oxygen atoms in total. The summed E-state index contributed by atoms with van der Waals surface area (Å²) in [6, 6.07) is 0. The third-order valence-electron chi connectivity index (χ3n) is 4.17. The minimum Gasteiger partial charge on any atom is -0.339 e. The van der Waals surface area contributed by atoms with Gasteiger partial charge < -0.3 is 10.6 Å². The van der Waals surface area contributed by atoms with Gasteiger partial charge in [-0.3, -0.25) is 9.69 Å². The standard InChI is InChI=1S/C14H27N3O/c1-11(2)10-16-6-8-17(9-7-16)13(18)14(3,15)12-4-5-12/h11-12H,4-10,15H2,1-3H3. The van der Waals surface area contributed by atoms with Crippen molar-refractivity contribution in [3.05, 3.63) is 0 Å². The minimum absolute atomic E-state index is 0.161. The lowest BCUT2D eigenvalue weighted by Crippen LogP contribution is -2.59. The Kier molecular flexibility index (Phi) is 3.97. The molecule has 2 aliphatic rings. The van der Waals surface area contributed by atoms with Crippen LogP contribution in [0.15, 0.2) is 0 Å². The molecule has 1 saturated carbocycles. The van der Waals surface area contributed by atoms with Crippen LogP contribution in [0.4, 0.5) is 0 Å². The Bertz CT molecular complexity index is 302. The van der Waals surface area contributed by atoms with Crippen molar-refractivity contribution in [1.82, 2.24) is 9.80 Å². The smallest absolute Gasteiger partial charge is 0.242 e. The largest absolute Gasteiger partial charge is 0.339 e. The number of amides is 1. The highest BCUT2D eigenvalue weighted by molar-refractivity contribution is 5.86. The Morgan fingerprint density at radius 3 is 2.28 bits per heavy atom. The van der Waals surface area contributed by atoms with Crippen molar-refractivity contribution in [2.24, 2.45) is 17.6 Å². The number of hydrogen-bond donors (Lipinski definition) is 1. The van der Waals surface area contributed by atoms with E-state index in [-0.39, 0.29) is 5.91 Å². The van der Waals surface area contributed by atoms with Crippen molar-refractivity contribution in [1.29, 1.82) is 0 Å². The molecular weight excluding hydrogens is 226 g/mol. The van der Waals surface area contributed by atoms with E-state index in [4.69, 9.17) is 5.73 Å². The summed E-state index contributed by atoms with van der Waals surface area (Å²) in [5.74, 6) is 1.27. The van der Waals surface area contributed by atoms with Gasteiger partial charge in [-0.2, -0.15) is 0 Å². The van der Waals surface area contributed by atoms with Crippen LogP contribution in [-0.4, -0.2) is 54.0 Å². The monoisotopic (exact) mass is 253 g/mol. The van der Waals surface area contributed by atoms with Crippen LogP contribution < -0.4 is 5.73 Å². The van der Waals surface area contributed by atoms with Gasteiger partial charge in [-0.25, -0.2) is 0 Å². The average molecular weight is 253 g/mol. The molecule has 2 N–H and O–H groups in total. The zero-order valence-corrected chi connectivity index (χ0v) is 12.0. The lowest BCUT2D eigenvalue weighted by molar-refractivity contribution is -0.139. The van der Waals surface area contributed by atoms with E-state index in [0.717, 1.165) is 45.6 Å². The van der Waals surface area contributed by atoms with E-state index in [1.165, 1.54) is 0 Å². The van der Waals surface area contributed by atoms with Crippen molar-refractivity contribution in [3.63, 3.8) is 0 Å². The molecule has 1 aliphatic carbocycles. The van der Waals surface area contributed by atoms with Gasteiger partial charge in [-0.05, 0) is 31.6 Å². The lowest BCUT2D eigenvalue weighted by Gasteiger charge is -2.39. The molecule has 2 fully saturated rings.